The zero-order chi connectivity index (χ0) is 56.9. The molecular weight excluding hydrogens is 1020 g/mol. The summed E-state index contributed by atoms with van der Waals surface area (Å²) in [6.07, 6.45) is 0.847. The lowest BCUT2D eigenvalue weighted by Crippen LogP contribution is -2.61. The fourth-order valence-corrected chi connectivity index (χ4v) is 10.1. The Morgan fingerprint density at radius 2 is 1.42 bits per heavy atom. The number of nitrogens with one attached hydrogen (secondary N) is 8. The van der Waals surface area contributed by atoms with E-state index in [4.69, 9.17) is 5.73 Å². The molecule has 2 saturated heterocycles. The molecule has 3 aliphatic rings. The van der Waals surface area contributed by atoms with Crippen LogP contribution < -0.4 is 48.3 Å². The maximum Gasteiger partial charge on any atom is 0.326 e. The van der Waals surface area contributed by atoms with Gasteiger partial charge in [-0.2, -0.15) is 0 Å². The summed E-state index contributed by atoms with van der Waals surface area (Å²) in [6.45, 7) is 2.80. The van der Waals surface area contributed by atoms with Crippen LogP contribution in [0.4, 0.5) is 0 Å². The van der Waals surface area contributed by atoms with E-state index in [1.165, 1.54) is 39.9 Å². The molecule has 3 aliphatic heterocycles. The zero-order valence-corrected chi connectivity index (χ0v) is 43.9. The number of phenolic OH excluding ortho intramolecular Hbond substituents is 1. The van der Waals surface area contributed by atoms with Crippen LogP contribution in [-0.4, -0.2) is 152 Å². The number of benzene rings is 3. The first-order valence-electron chi connectivity index (χ1n) is 26.5. The summed E-state index contributed by atoms with van der Waals surface area (Å²) in [7, 11) is 0. The number of aromatic hydroxyl groups is 1. The number of likely N-dealkylation sites (tertiary alicyclic amines) is 1. The largest absolute Gasteiger partial charge is 0.508 e. The Morgan fingerprint density at radius 1 is 0.734 bits per heavy atom. The Hall–Kier alpha value is -8.38. The molecule has 2 fully saturated rings. The predicted molar refractivity (Wildman–Crippen MR) is 285 cm³/mol. The van der Waals surface area contributed by atoms with Gasteiger partial charge in [0.15, 0.2) is 6.17 Å². The van der Waals surface area contributed by atoms with Crippen LogP contribution in [0.1, 0.15) is 81.6 Å². The molecule has 79 heavy (non-hydrogen) atoms. The van der Waals surface area contributed by atoms with Gasteiger partial charge in [0, 0.05) is 43.8 Å². The van der Waals surface area contributed by atoms with Gasteiger partial charge < -0.3 is 73.1 Å². The summed E-state index contributed by atoms with van der Waals surface area (Å²) in [6, 6.07) is 10.1. The number of phenols is 1. The molecule has 9 amide bonds. The zero-order valence-electron chi connectivity index (χ0n) is 43.9. The maximum atomic E-state index is 15.2. The molecule has 422 valence electrons. The third-order valence-electron chi connectivity index (χ3n) is 14.4. The predicted octanol–water partition coefficient (Wildman–Crippen LogP) is -0.957. The number of aliphatic hydroxyl groups excluding tert-OH is 1. The number of nitrogens with zero attached hydrogens (tertiary/aromatic N) is 2. The lowest BCUT2D eigenvalue weighted by Gasteiger charge is -2.30. The Bertz CT molecular complexity index is 2900. The topological polar surface area (TPSA) is 362 Å². The number of hydrogen-bond acceptors (Lipinski definition) is 13. The fraction of sp³-hybridized carbons (Fsp3) is 0.455. The summed E-state index contributed by atoms with van der Waals surface area (Å²) in [5.74, 6) is -9.13. The number of carbonyl (C=O) groups is 10. The number of aromatic nitrogens is 1. The van der Waals surface area contributed by atoms with Crippen LogP contribution in [0.15, 0.2) is 85.1 Å². The van der Waals surface area contributed by atoms with E-state index in [-0.39, 0.29) is 75.3 Å². The molecule has 0 aliphatic carbocycles. The average molecular weight is 1090 g/mol. The van der Waals surface area contributed by atoms with Crippen molar-refractivity contribution in [1.82, 2.24) is 52.0 Å². The van der Waals surface area contributed by atoms with Gasteiger partial charge in [-0.15, -0.1) is 0 Å². The monoisotopic (exact) mass is 1090 g/mol. The van der Waals surface area contributed by atoms with E-state index in [0.29, 0.717) is 41.3 Å². The minimum Gasteiger partial charge on any atom is -0.508 e. The van der Waals surface area contributed by atoms with Crippen LogP contribution in [0.25, 0.3) is 10.9 Å². The van der Waals surface area contributed by atoms with Gasteiger partial charge in [-0.1, -0.05) is 74.5 Å². The van der Waals surface area contributed by atoms with Gasteiger partial charge in [-0.3, -0.25) is 43.2 Å². The van der Waals surface area contributed by atoms with E-state index >= 15 is 9.59 Å². The number of carboxylic acid groups (broad SMARTS) is 1. The first-order valence-corrected chi connectivity index (χ1v) is 26.5. The quantitative estimate of drug-likeness (QED) is 0.0535. The Morgan fingerprint density at radius 3 is 2.09 bits per heavy atom. The van der Waals surface area contributed by atoms with Crippen LogP contribution in [-0.2, 0) is 67.2 Å². The Balaban J connectivity index is 1.31. The van der Waals surface area contributed by atoms with Crippen molar-refractivity contribution in [3.63, 3.8) is 0 Å². The van der Waals surface area contributed by atoms with Crippen molar-refractivity contribution in [3.05, 3.63) is 102 Å². The number of nitrogens with two attached hydrogens (primary N) is 1. The van der Waals surface area contributed by atoms with Crippen molar-refractivity contribution in [2.24, 2.45) is 11.7 Å². The molecule has 0 saturated carbocycles. The first-order chi connectivity index (χ1) is 37.8. The molecule has 7 rings (SSSR count). The van der Waals surface area contributed by atoms with Gasteiger partial charge in [0.2, 0.25) is 47.3 Å². The van der Waals surface area contributed by atoms with Crippen molar-refractivity contribution in [3.8, 4) is 5.75 Å². The standard InChI is InChI=1S/C55H69N11O13/c1-30(2)45-52(75)61-38(25-31-11-4-3-5-12-31)47(70)62-41(29-67)50(73)59-40(48(71)58-37(55(78)79)14-8-9-23-56)27-33-28-66(42-15-7-6-13-35(33)42)46(53(76)63-45)64-49(72)39(26-32-17-19-34(68)20-18-32)60-51(74)43-16-10-24-65(43)54(77)36-21-22-44(69)57-36/h3-7,11-13,15,17-20,28,30,36-41,43,45-46,67-68H,8-10,14,16,21-27,29,56H2,1-2H3,(H,57,69)(H,58,71)(H,59,73)(H,60,74)(H,61,75)(H,62,70)(H,63,76)(H,64,72)(H,78,79). The summed E-state index contributed by atoms with van der Waals surface area (Å²) < 4.78 is 1.38. The number of carbonyl (C=O) groups excluding carboxylic acids is 9. The van der Waals surface area contributed by atoms with E-state index in [1.807, 2.05) is 0 Å². The van der Waals surface area contributed by atoms with Crippen molar-refractivity contribution in [2.45, 2.75) is 133 Å². The van der Waals surface area contributed by atoms with Crippen molar-refractivity contribution < 1.29 is 63.3 Å². The summed E-state index contributed by atoms with van der Waals surface area (Å²) in [4.78, 5) is 142. The number of para-hydroxylation sites is 1. The molecule has 0 radical (unpaired) electrons. The van der Waals surface area contributed by atoms with Crippen LogP contribution in [0, 0.1) is 5.92 Å². The Kier molecular flexibility index (Phi) is 19.8. The number of fused-ring (bicyclic) bond motifs is 5. The maximum absolute atomic E-state index is 15.2. The Labute approximate surface area is 455 Å². The summed E-state index contributed by atoms with van der Waals surface area (Å²) in [5.41, 5.74) is 7.29. The van der Waals surface area contributed by atoms with E-state index in [2.05, 4.69) is 42.5 Å². The number of aliphatic hydroxyl groups is 1. The van der Waals surface area contributed by atoms with Gasteiger partial charge in [0.25, 0.3) is 5.91 Å². The van der Waals surface area contributed by atoms with E-state index < -0.39 is 120 Å². The van der Waals surface area contributed by atoms with Gasteiger partial charge in [0.1, 0.15) is 54.1 Å². The molecule has 1 aromatic heterocycles. The third kappa shape index (κ3) is 14.8. The lowest BCUT2D eigenvalue weighted by molar-refractivity contribution is -0.142. The SMILES string of the molecule is CC(C)C1NC(=O)C(NC(=O)C(Cc2ccc(O)cc2)NC(=O)C2CCCN2C(=O)C2CCC(=O)N2)n2cc(c3ccccc32)CC(C(=O)NC(CCCCN)C(=O)O)NC(=O)C(CO)NC(=O)C(Cc2ccccc2)NC1=O. The van der Waals surface area contributed by atoms with Gasteiger partial charge in [-0.25, -0.2) is 4.79 Å². The lowest BCUT2D eigenvalue weighted by atomic mass is 10.0. The molecule has 2 bridgehead atoms. The first kappa shape index (κ1) is 58.3. The third-order valence-corrected chi connectivity index (χ3v) is 14.4. The molecule has 4 aromatic rings. The normalized spacial score (nSPS) is 22.8. The van der Waals surface area contributed by atoms with Crippen LogP contribution >= 0.6 is 0 Å². The number of unbranched alkanes of at least 4 members (excludes halogenated alkanes) is 1. The van der Waals surface area contributed by atoms with Crippen LogP contribution in [0.3, 0.4) is 0 Å². The number of rotatable bonds is 18. The highest BCUT2D eigenvalue weighted by molar-refractivity contribution is 6.00. The van der Waals surface area contributed by atoms with E-state index in [0.717, 1.165) is 0 Å². The van der Waals surface area contributed by atoms with Crippen molar-refractivity contribution >= 4 is 70.0 Å². The number of amides is 9. The average Bonchev–Trinajstić information content (AvgIpc) is 4.22. The van der Waals surface area contributed by atoms with Crippen LogP contribution in [0.2, 0.25) is 0 Å². The van der Waals surface area contributed by atoms with Gasteiger partial charge in [0.05, 0.1) is 12.1 Å². The van der Waals surface area contributed by atoms with Gasteiger partial charge in [-0.05, 0) is 85.9 Å². The molecular formula is C55H69N11O13. The molecule has 24 heteroatoms. The van der Waals surface area contributed by atoms with E-state index in [9.17, 15) is 53.7 Å². The fourth-order valence-electron chi connectivity index (χ4n) is 10.1. The van der Waals surface area contributed by atoms with Crippen LogP contribution in [0.5, 0.6) is 5.75 Å². The molecule has 9 atom stereocenters. The smallest absolute Gasteiger partial charge is 0.326 e. The minimum atomic E-state index is -1.77. The van der Waals surface area contributed by atoms with Crippen molar-refractivity contribution in [1.29, 1.82) is 0 Å². The highest BCUT2D eigenvalue weighted by atomic mass is 16.4. The number of carboxylic acids is 1. The minimum absolute atomic E-state index is 0.0126. The molecule has 9 unspecified atom stereocenters. The van der Waals surface area contributed by atoms with Gasteiger partial charge >= 0.3 is 5.97 Å². The number of hydrogen-bond donors (Lipinski definition) is 12. The second kappa shape index (κ2) is 26.8. The molecule has 0 spiro atoms. The molecule has 4 heterocycles. The molecule has 3 aromatic carbocycles. The van der Waals surface area contributed by atoms with Crippen molar-refractivity contribution in [2.75, 3.05) is 19.7 Å². The summed E-state index contributed by atoms with van der Waals surface area (Å²) >= 11 is 0. The summed E-state index contributed by atoms with van der Waals surface area (Å²) in [5, 5.41) is 52.5. The number of aliphatic carboxylic acids is 1. The molecule has 24 nitrogen and oxygen atoms in total. The molecule has 13 N–H and O–H groups in total. The second-order valence-electron chi connectivity index (χ2n) is 20.4. The second-order valence-corrected chi connectivity index (χ2v) is 20.4. The highest BCUT2D eigenvalue weighted by Gasteiger charge is 2.42. The highest BCUT2D eigenvalue weighted by Crippen LogP contribution is 2.27. The van der Waals surface area contributed by atoms with E-state index in [1.54, 1.807) is 68.4 Å².